The predicted molar refractivity (Wildman–Crippen MR) is 138 cm³/mol. The summed E-state index contributed by atoms with van der Waals surface area (Å²) in [6.45, 7) is 2.28. The monoisotopic (exact) mass is 485 g/mol. The molecular formula is C26H23N5OS2. The van der Waals surface area contributed by atoms with Crippen molar-refractivity contribution in [2.75, 3.05) is 0 Å². The summed E-state index contributed by atoms with van der Waals surface area (Å²) in [5.41, 5.74) is 3.17. The van der Waals surface area contributed by atoms with Crippen LogP contribution >= 0.6 is 23.1 Å². The second-order valence-corrected chi connectivity index (χ2v) is 10.7. The molecule has 0 aliphatic heterocycles. The number of rotatable bonds is 5. The molecule has 1 N–H and O–H groups in total. The fourth-order valence-electron chi connectivity index (χ4n) is 4.54. The van der Waals surface area contributed by atoms with Gasteiger partial charge in [0.25, 0.3) is 5.56 Å². The van der Waals surface area contributed by atoms with Crippen LogP contribution < -0.4 is 5.56 Å². The van der Waals surface area contributed by atoms with Crippen LogP contribution in [0.15, 0.2) is 70.6 Å². The van der Waals surface area contributed by atoms with Gasteiger partial charge < -0.3 is 4.98 Å². The maximum absolute atomic E-state index is 13.0. The first kappa shape index (κ1) is 21.3. The molecule has 0 spiro atoms. The Balaban J connectivity index is 1.35. The smallest absolute Gasteiger partial charge is 0.259 e. The van der Waals surface area contributed by atoms with E-state index in [4.69, 9.17) is 4.98 Å². The molecule has 0 fully saturated rings. The minimum atomic E-state index is -0.0258. The van der Waals surface area contributed by atoms with Crippen molar-refractivity contribution >= 4 is 33.3 Å². The molecule has 170 valence electrons. The third-order valence-electron chi connectivity index (χ3n) is 6.23. The lowest BCUT2D eigenvalue weighted by Gasteiger charge is -2.17. The second-order valence-electron chi connectivity index (χ2n) is 8.68. The van der Waals surface area contributed by atoms with E-state index < -0.39 is 0 Å². The molecule has 8 heteroatoms. The number of hydrogen-bond donors (Lipinski definition) is 1. The number of thiophene rings is 1. The molecule has 3 aromatic heterocycles. The quantitative estimate of drug-likeness (QED) is 0.326. The van der Waals surface area contributed by atoms with Gasteiger partial charge in [0.15, 0.2) is 11.0 Å². The lowest BCUT2D eigenvalue weighted by molar-refractivity contribution is 0.509. The van der Waals surface area contributed by atoms with Crippen LogP contribution in [0, 0.1) is 5.92 Å². The van der Waals surface area contributed by atoms with Crippen LogP contribution in [0.3, 0.4) is 0 Å². The van der Waals surface area contributed by atoms with Crippen LogP contribution in [0.2, 0.25) is 0 Å². The van der Waals surface area contributed by atoms with Gasteiger partial charge in [0.05, 0.1) is 11.1 Å². The van der Waals surface area contributed by atoms with Gasteiger partial charge in [-0.2, -0.15) is 0 Å². The first-order chi connectivity index (χ1) is 16.7. The van der Waals surface area contributed by atoms with Crippen molar-refractivity contribution in [1.82, 2.24) is 24.7 Å². The summed E-state index contributed by atoms with van der Waals surface area (Å²) in [5, 5.41) is 10.5. The Labute approximate surface area is 205 Å². The summed E-state index contributed by atoms with van der Waals surface area (Å²) in [6, 6.07) is 20.1. The fourth-order valence-corrected chi connectivity index (χ4v) is 6.77. The summed E-state index contributed by atoms with van der Waals surface area (Å²) in [5.74, 6) is 2.62. The van der Waals surface area contributed by atoms with Crippen LogP contribution in [-0.4, -0.2) is 24.7 Å². The van der Waals surface area contributed by atoms with E-state index >= 15 is 0 Å². The van der Waals surface area contributed by atoms with Gasteiger partial charge in [0, 0.05) is 16.1 Å². The number of thioether (sulfide) groups is 1. The topological polar surface area (TPSA) is 76.5 Å². The van der Waals surface area contributed by atoms with Gasteiger partial charge in [-0.25, -0.2) is 4.98 Å². The summed E-state index contributed by atoms with van der Waals surface area (Å²) >= 11 is 3.21. The Morgan fingerprint density at radius 1 is 1.09 bits per heavy atom. The minimum Gasteiger partial charge on any atom is -0.309 e. The first-order valence-electron chi connectivity index (χ1n) is 11.4. The molecule has 2 aromatic carbocycles. The zero-order chi connectivity index (χ0) is 23.1. The molecule has 0 saturated carbocycles. The van der Waals surface area contributed by atoms with Crippen molar-refractivity contribution in [2.45, 2.75) is 37.1 Å². The number of H-pyrrole nitrogens is 1. The SMILES string of the molecule is CC1CCc2c(sc3nc(CSc4nnc(-c5ccccc5)n4-c4ccccc4)[nH]c(=O)c23)C1. The van der Waals surface area contributed by atoms with Crippen molar-refractivity contribution in [3.05, 3.63) is 87.3 Å². The number of nitrogens with one attached hydrogen (secondary N) is 1. The van der Waals surface area contributed by atoms with E-state index in [0.29, 0.717) is 17.5 Å². The van der Waals surface area contributed by atoms with E-state index in [0.717, 1.165) is 51.7 Å². The van der Waals surface area contributed by atoms with E-state index in [1.807, 2.05) is 60.7 Å². The zero-order valence-corrected chi connectivity index (χ0v) is 20.3. The van der Waals surface area contributed by atoms with Crippen molar-refractivity contribution in [3.63, 3.8) is 0 Å². The maximum atomic E-state index is 13.0. The van der Waals surface area contributed by atoms with Gasteiger partial charge in [-0.05, 0) is 42.9 Å². The van der Waals surface area contributed by atoms with E-state index in [9.17, 15) is 4.79 Å². The molecule has 0 amide bonds. The molecule has 0 saturated heterocycles. The Bertz CT molecular complexity index is 1520. The highest BCUT2D eigenvalue weighted by Gasteiger charge is 2.23. The highest BCUT2D eigenvalue weighted by Crippen LogP contribution is 2.36. The van der Waals surface area contributed by atoms with Crippen LogP contribution in [-0.2, 0) is 18.6 Å². The van der Waals surface area contributed by atoms with Gasteiger partial charge >= 0.3 is 0 Å². The van der Waals surface area contributed by atoms with Gasteiger partial charge in [-0.1, -0.05) is 67.2 Å². The zero-order valence-electron chi connectivity index (χ0n) is 18.7. The van der Waals surface area contributed by atoms with E-state index in [1.165, 1.54) is 22.2 Å². The van der Waals surface area contributed by atoms with E-state index in [2.05, 4.69) is 26.7 Å². The van der Waals surface area contributed by atoms with Gasteiger partial charge in [0.2, 0.25) is 0 Å². The number of nitrogens with zero attached hydrogens (tertiary/aromatic N) is 4. The first-order valence-corrected chi connectivity index (χ1v) is 13.2. The minimum absolute atomic E-state index is 0.0258. The molecule has 0 bridgehead atoms. The fraction of sp³-hybridized carbons (Fsp3) is 0.231. The number of aryl methyl sites for hydroxylation is 1. The number of benzene rings is 2. The van der Waals surface area contributed by atoms with Crippen molar-refractivity contribution in [3.8, 4) is 17.1 Å². The van der Waals surface area contributed by atoms with E-state index in [1.54, 1.807) is 11.3 Å². The average Bonchev–Trinajstić information content (AvgIpc) is 3.45. The number of para-hydroxylation sites is 1. The van der Waals surface area contributed by atoms with Crippen LogP contribution in [0.4, 0.5) is 0 Å². The Morgan fingerprint density at radius 3 is 2.65 bits per heavy atom. The molecule has 1 aliphatic carbocycles. The molecule has 5 aromatic rings. The molecule has 34 heavy (non-hydrogen) atoms. The maximum Gasteiger partial charge on any atom is 0.259 e. The summed E-state index contributed by atoms with van der Waals surface area (Å²) in [4.78, 5) is 23.0. The average molecular weight is 486 g/mol. The Hall–Kier alpha value is -3.23. The second kappa shape index (κ2) is 8.85. The Kier molecular flexibility index (Phi) is 5.55. The lowest BCUT2D eigenvalue weighted by atomic mass is 9.89. The lowest BCUT2D eigenvalue weighted by Crippen LogP contribution is -2.14. The van der Waals surface area contributed by atoms with Crippen molar-refractivity contribution in [2.24, 2.45) is 5.92 Å². The summed E-state index contributed by atoms with van der Waals surface area (Å²) < 4.78 is 2.06. The normalized spacial score (nSPS) is 15.5. The predicted octanol–water partition coefficient (Wildman–Crippen LogP) is 5.65. The highest BCUT2D eigenvalue weighted by molar-refractivity contribution is 7.98. The Morgan fingerprint density at radius 2 is 1.85 bits per heavy atom. The molecule has 6 rings (SSSR count). The highest BCUT2D eigenvalue weighted by atomic mass is 32.2. The van der Waals surface area contributed by atoms with E-state index in [-0.39, 0.29) is 5.56 Å². The molecule has 6 nitrogen and oxygen atoms in total. The molecule has 1 unspecified atom stereocenters. The molecule has 0 radical (unpaired) electrons. The number of fused-ring (bicyclic) bond motifs is 3. The molecular weight excluding hydrogens is 462 g/mol. The van der Waals surface area contributed by atoms with Crippen molar-refractivity contribution < 1.29 is 0 Å². The third kappa shape index (κ3) is 3.86. The summed E-state index contributed by atoms with van der Waals surface area (Å²) in [7, 11) is 0. The molecule has 3 heterocycles. The number of aromatic nitrogens is 5. The van der Waals surface area contributed by atoms with Crippen LogP contribution in [0.25, 0.3) is 27.3 Å². The third-order valence-corrected chi connectivity index (χ3v) is 8.32. The molecule has 1 aliphatic rings. The van der Waals surface area contributed by atoms with Crippen LogP contribution in [0.5, 0.6) is 0 Å². The van der Waals surface area contributed by atoms with Gasteiger partial charge in [-0.3, -0.25) is 9.36 Å². The molecule has 1 atom stereocenters. The number of hydrogen-bond acceptors (Lipinski definition) is 6. The number of aromatic amines is 1. The van der Waals surface area contributed by atoms with Gasteiger partial charge in [0.1, 0.15) is 10.7 Å². The summed E-state index contributed by atoms with van der Waals surface area (Å²) in [6.07, 6.45) is 3.15. The largest absolute Gasteiger partial charge is 0.309 e. The standard InChI is InChI=1S/C26H23N5OS2/c1-16-12-13-19-20(14-16)34-25-22(19)24(32)27-21(28-25)15-33-26-30-29-23(17-8-4-2-5-9-17)31(26)18-10-6-3-7-11-18/h2-11,16H,12-15H2,1H3,(H,27,28,32). The van der Waals surface area contributed by atoms with Crippen LogP contribution in [0.1, 0.15) is 29.6 Å². The van der Waals surface area contributed by atoms with Gasteiger partial charge in [-0.15, -0.1) is 21.5 Å². The van der Waals surface area contributed by atoms with Crippen molar-refractivity contribution in [1.29, 1.82) is 0 Å².